The van der Waals surface area contributed by atoms with Crippen molar-refractivity contribution in [1.29, 1.82) is 0 Å². The Morgan fingerprint density at radius 2 is 1.79 bits per heavy atom. The van der Waals surface area contributed by atoms with Crippen LogP contribution in [0.1, 0.15) is 56.5 Å². The normalized spacial score (nSPS) is 19.9. The molecule has 0 saturated carbocycles. The topological polar surface area (TPSA) is 102 Å². The third kappa shape index (κ3) is 5.90. The van der Waals surface area contributed by atoms with E-state index in [1.807, 2.05) is 6.92 Å². The Hall–Kier alpha value is -2.94. The summed E-state index contributed by atoms with van der Waals surface area (Å²) < 4.78 is 16.1. The fourth-order valence-corrected chi connectivity index (χ4v) is 3.97. The molecule has 1 aromatic carbocycles. The van der Waals surface area contributed by atoms with Gasteiger partial charge in [0.2, 0.25) is 6.10 Å². The van der Waals surface area contributed by atoms with Gasteiger partial charge in [-0.3, -0.25) is 14.4 Å². The number of anilines is 1. The van der Waals surface area contributed by atoms with Crippen molar-refractivity contribution in [3.05, 3.63) is 29.3 Å². The zero-order valence-corrected chi connectivity index (χ0v) is 19.9. The van der Waals surface area contributed by atoms with Crippen LogP contribution in [0.2, 0.25) is 0 Å². The summed E-state index contributed by atoms with van der Waals surface area (Å²) in [7, 11) is 0. The molecule has 2 unspecified atom stereocenters. The van der Waals surface area contributed by atoms with E-state index < -0.39 is 35.7 Å². The summed E-state index contributed by atoms with van der Waals surface area (Å²) >= 11 is 0. The third-order valence-corrected chi connectivity index (χ3v) is 5.47. The summed E-state index contributed by atoms with van der Waals surface area (Å²) in [4.78, 5) is 54.0. The highest BCUT2D eigenvalue weighted by atomic mass is 16.6. The van der Waals surface area contributed by atoms with Gasteiger partial charge >= 0.3 is 11.9 Å². The second-order valence-electron chi connectivity index (χ2n) is 9.35. The Balaban J connectivity index is 1.88. The minimum atomic E-state index is -1.54. The van der Waals surface area contributed by atoms with Gasteiger partial charge in [-0.25, -0.2) is 4.79 Å². The van der Waals surface area contributed by atoms with Gasteiger partial charge in [-0.1, -0.05) is 6.07 Å². The van der Waals surface area contributed by atoms with E-state index in [0.717, 1.165) is 38.4 Å². The number of aryl methyl sites for hydroxylation is 1. The van der Waals surface area contributed by atoms with Crippen LogP contribution < -0.4 is 4.90 Å². The number of likely N-dealkylation sites (tertiary alicyclic amines) is 1. The first-order valence-electron chi connectivity index (χ1n) is 11.2. The lowest BCUT2D eigenvalue weighted by Gasteiger charge is -2.36. The molecule has 1 aromatic rings. The first-order valence-corrected chi connectivity index (χ1v) is 11.2. The summed E-state index contributed by atoms with van der Waals surface area (Å²) in [5.41, 5.74) is 1.01. The van der Waals surface area contributed by atoms with Crippen molar-refractivity contribution in [3.63, 3.8) is 0 Å². The average Bonchev–Trinajstić information content (AvgIpc) is 3.26. The highest BCUT2D eigenvalue weighted by Crippen LogP contribution is 2.28. The van der Waals surface area contributed by atoms with Gasteiger partial charge in [-0.2, -0.15) is 0 Å². The highest BCUT2D eigenvalue weighted by Gasteiger charge is 2.44. The molecule has 33 heavy (non-hydrogen) atoms. The molecular formula is C24H32N2O7. The number of hydrogen-bond acceptors (Lipinski definition) is 7. The standard InChI is InChI=1S/C24H32N2O7/c1-15-8-9-17(21(28)25-10-6-7-11-25)14-18(15)26-12-13-31-19(22(26)29)20(32-16(2)27)23(30)33-24(3,4)5/h8-9,14,19-20H,6-7,10-13H2,1-5H3. The molecule has 180 valence electrons. The molecule has 2 atom stereocenters. The van der Waals surface area contributed by atoms with Crippen LogP contribution in [0.25, 0.3) is 0 Å². The van der Waals surface area contributed by atoms with E-state index in [-0.39, 0.29) is 19.1 Å². The van der Waals surface area contributed by atoms with Crippen LogP contribution >= 0.6 is 0 Å². The van der Waals surface area contributed by atoms with E-state index in [0.29, 0.717) is 11.3 Å². The summed E-state index contributed by atoms with van der Waals surface area (Å²) in [6.07, 6.45) is -0.923. The monoisotopic (exact) mass is 460 g/mol. The predicted octanol–water partition coefficient (Wildman–Crippen LogP) is 2.24. The fourth-order valence-electron chi connectivity index (χ4n) is 3.97. The van der Waals surface area contributed by atoms with Crippen LogP contribution in [0.3, 0.4) is 0 Å². The maximum absolute atomic E-state index is 13.4. The number of ether oxygens (including phenoxy) is 3. The van der Waals surface area contributed by atoms with E-state index in [2.05, 4.69) is 0 Å². The second-order valence-corrected chi connectivity index (χ2v) is 9.35. The molecule has 2 aliphatic rings. The lowest BCUT2D eigenvalue weighted by molar-refractivity contribution is -0.188. The maximum atomic E-state index is 13.4. The number of esters is 2. The van der Waals surface area contributed by atoms with Crippen LogP contribution in [-0.2, 0) is 28.6 Å². The first kappa shape index (κ1) is 24.7. The molecule has 2 amide bonds. The number of nitrogens with zero attached hydrogens (tertiary/aromatic N) is 2. The summed E-state index contributed by atoms with van der Waals surface area (Å²) in [5, 5.41) is 0. The number of carbonyl (C=O) groups excluding carboxylic acids is 4. The van der Waals surface area contributed by atoms with E-state index in [4.69, 9.17) is 14.2 Å². The van der Waals surface area contributed by atoms with Crippen molar-refractivity contribution in [2.45, 2.75) is 65.3 Å². The lowest BCUT2D eigenvalue weighted by atomic mass is 10.0. The molecule has 0 spiro atoms. The van der Waals surface area contributed by atoms with Gasteiger partial charge in [0.25, 0.3) is 11.8 Å². The molecule has 2 saturated heterocycles. The van der Waals surface area contributed by atoms with Gasteiger partial charge in [0, 0.05) is 37.8 Å². The van der Waals surface area contributed by atoms with Crippen molar-refractivity contribution in [1.82, 2.24) is 4.90 Å². The highest BCUT2D eigenvalue weighted by molar-refractivity contribution is 6.03. The molecule has 9 heteroatoms. The van der Waals surface area contributed by atoms with Crippen molar-refractivity contribution in [2.24, 2.45) is 0 Å². The van der Waals surface area contributed by atoms with Crippen molar-refractivity contribution >= 4 is 29.4 Å². The quantitative estimate of drug-likeness (QED) is 0.621. The number of carbonyl (C=O) groups is 4. The largest absolute Gasteiger partial charge is 0.457 e. The number of rotatable bonds is 5. The predicted molar refractivity (Wildman–Crippen MR) is 120 cm³/mol. The van der Waals surface area contributed by atoms with Gasteiger partial charge in [0.05, 0.1) is 6.61 Å². The van der Waals surface area contributed by atoms with E-state index in [1.54, 1.807) is 43.9 Å². The first-order chi connectivity index (χ1) is 15.5. The summed E-state index contributed by atoms with van der Waals surface area (Å²) in [5.74, 6) is -2.19. The van der Waals surface area contributed by atoms with Gasteiger partial charge in [-0.05, 0) is 58.2 Å². The van der Waals surface area contributed by atoms with E-state index in [9.17, 15) is 19.2 Å². The Morgan fingerprint density at radius 1 is 1.12 bits per heavy atom. The molecule has 2 fully saturated rings. The third-order valence-electron chi connectivity index (χ3n) is 5.47. The molecule has 2 heterocycles. The summed E-state index contributed by atoms with van der Waals surface area (Å²) in [6, 6.07) is 5.25. The Labute approximate surface area is 193 Å². The van der Waals surface area contributed by atoms with Crippen LogP contribution in [0.4, 0.5) is 5.69 Å². The lowest BCUT2D eigenvalue weighted by Crippen LogP contribution is -2.56. The van der Waals surface area contributed by atoms with Gasteiger partial charge in [0.15, 0.2) is 6.10 Å². The SMILES string of the molecule is CC(=O)OC(C(=O)OC(C)(C)C)C1OCCN(c2cc(C(=O)N3CCCC3)ccc2C)C1=O. The number of amides is 2. The zero-order valence-electron chi connectivity index (χ0n) is 19.9. The van der Waals surface area contributed by atoms with Crippen LogP contribution in [0, 0.1) is 6.92 Å². The Bertz CT molecular complexity index is 931. The van der Waals surface area contributed by atoms with Gasteiger partial charge in [-0.15, -0.1) is 0 Å². The van der Waals surface area contributed by atoms with Gasteiger partial charge in [0.1, 0.15) is 5.60 Å². The molecule has 3 rings (SSSR count). The molecule has 9 nitrogen and oxygen atoms in total. The molecule has 0 aromatic heterocycles. The van der Waals surface area contributed by atoms with Gasteiger partial charge < -0.3 is 24.0 Å². The minimum Gasteiger partial charge on any atom is -0.457 e. The van der Waals surface area contributed by atoms with E-state index in [1.165, 1.54) is 4.90 Å². The number of benzene rings is 1. The Morgan fingerprint density at radius 3 is 2.39 bits per heavy atom. The van der Waals surface area contributed by atoms with Crippen LogP contribution in [0.5, 0.6) is 0 Å². The second kappa shape index (κ2) is 9.91. The van der Waals surface area contributed by atoms with Crippen molar-refractivity contribution < 1.29 is 33.4 Å². The number of morpholine rings is 1. The maximum Gasteiger partial charge on any atom is 0.351 e. The van der Waals surface area contributed by atoms with Crippen molar-refractivity contribution in [3.8, 4) is 0 Å². The zero-order chi connectivity index (χ0) is 24.3. The molecule has 0 bridgehead atoms. The smallest absolute Gasteiger partial charge is 0.351 e. The Kier molecular flexibility index (Phi) is 7.41. The van der Waals surface area contributed by atoms with Crippen LogP contribution in [0.15, 0.2) is 18.2 Å². The molecule has 0 aliphatic carbocycles. The average molecular weight is 461 g/mol. The van der Waals surface area contributed by atoms with Crippen LogP contribution in [-0.4, -0.2) is 72.7 Å². The fraction of sp³-hybridized carbons (Fsp3) is 0.583. The van der Waals surface area contributed by atoms with E-state index >= 15 is 0 Å². The molecular weight excluding hydrogens is 428 g/mol. The summed E-state index contributed by atoms with van der Waals surface area (Å²) in [6.45, 7) is 9.84. The molecule has 2 aliphatic heterocycles. The number of hydrogen-bond donors (Lipinski definition) is 0. The molecule has 0 N–H and O–H groups in total. The van der Waals surface area contributed by atoms with Crippen molar-refractivity contribution in [2.75, 3.05) is 31.1 Å². The minimum absolute atomic E-state index is 0.0717. The molecule has 0 radical (unpaired) electrons.